The van der Waals surface area contributed by atoms with Crippen LogP contribution in [-0.2, 0) is 0 Å². The number of nitrogen functional groups attached to an aromatic ring is 1. The van der Waals surface area contributed by atoms with Gasteiger partial charge in [-0.3, -0.25) is 10.1 Å². The molecule has 0 heterocycles. The van der Waals surface area contributed by atoms with Crippen LogP contribution in [-0.4, -0.2) is 35.3 Å². The number of aliphatic hydroxyl groups is 1. The van der Waals surface area contributed by atoms with Gasteiger partial charge in [-0.1, -0.05) is 19.9 Å². The van der Waals surface area contributed by atoms with Crippen LogP contribution in [0, 0.1) is 10.1 Å². The third kappa shape index (κ3) is 4.72. The molecule has 0 saturated heterocycles. The Morgan fingerprint density at radius 1 is 1.53 bits per heavy atom. The Balaban J connectivity index is 2.58. The molecule has 0 aliphatic rings. The second-order valence-electron chi connectivity index (χ2n) is 4.47. The molecule has 0 radical (unpaired) electrons. The SMILES string of the molecule is CC(C)NCC(O)COc1cccc([N+](=O)[O-])c1N. The van der Waals surface area contributed by atoms with Crippen molar-refractivity contribution < 1.29 is 14.8 Å². The number of hydrogen-bond donors (Lipinski definition) is 3. The zero-order valence-electron chi connectivity index (χ0n) is 11.0. The summed E-state index contributed by atoms with van der Waals surface area (Å²) in [6.45, 7) is 4.33. The standard InChI is InChI=1S/C12H19N3O4/c1-8(2)14-6-9(16)7-19-11-5-3-4-10(12(11)13)15(17)18/h3-5,8-9,14,16H,6-7,13H2,1-2H3. The molecule has 0 aromatic heterocycles. The van der Waals surface area contributed by atoms with E-state index in [9.17, 15) is 15.2 Å². The lowest BCUT2D eigenvalue weighted by molar-refractivity contribution is -0.384. The van der Waals surface area contributed by atoms with E-state index in [1.807, 2.05) is 13.8 Å². The number of nitrogens with zero attached hydrogens (tertiary/aromatic N) is 1. The van der Waals surface area contributed by atoms with E-state index < -0.39 is 11.0 Å². The van der Waals surface area contributed by atoms with Crippen molar-refractivity contribution in [3.05, 3.63) is 28.3 Å². The first-order valence-corrected chi connectivity index (χ1v) is 5.99. The minimum atomic E-state index is -0.707. The van der Waals surface area contributed by atoms with Gasteiger partial charge in [-0.25, -0.2) is 0 Å². The molecule has 0 amide bonds. The maximum absolute atomic E-state index is 10.7. The molecule has 1 atom stereocenters. The maximum atomic E-state index is 10.7. The van der Waals surface area contributed by atoms with Crippen molar-refractivity contribution in [2.75, 3.05) is 18.9 Å². The molecular formula is C12H19N3O4. The van der Waals surface area contributed by atoms with Crippen molar-refractivity contribution in [2.24, 2.45) is 0 Å². The van der Waals surface area contributed by atoms with Gasteiger partial charge in [0, 0.05) is 18.7 Å². The highest BCUT2D eigenvalue weighted by Gasteiger charge is 2.16. The fourth-order valence-electron chi connectivity index (χ4n) is 1.43. The van der Waals surface area contributed by atoms with Crippen LogP contribution in [0.25, 0.3) is 0 Å². The summed E-state index contributed by atoms with van der Waals surface area (Å²) in [5.41, 5.74) is 5.40. The summed E-state index contributed by atoms with van der Waals surface area (Å²) in [5.74, 6) is 0.206. The molecular weight excluding hydrogens is 250 g/mol. The molecule has 1 unspecified atom stereocenters. The average Bonchev–Trinajstić information content (AvgIpc) is 2.34. The van der Waals surface area contributed by atoms with Crippen LogP contribution in [0.3, 0.4) is 0 Å². The number of nitrogens with one attached hydrogen (secondary N) is 1. The van der Waals surface area contributed by atoms with Crippen LogP contribution < -0.4 is 15.8 Å². The summed E-state index contributed by atoms with van der Waals surface area (Å²) in [5, 5.41) is 23.4. The molecule has 0 spiro atoms. The minimum Gasteiger partial charge on any atom is -0.488 e. The van der Waals surface area contributed by atoms with Crippen LogP contribution in [0.1, 0.15) is 13.8 Å². The molecule has 0 bridgehead atoms. The first kappa shape index (κ1) is 15.2. The van der Waals surface area contributed by atoms with Crippen molar-refractivity contribution >= 4 is 11.4 Å². The van der Waals surface area contributed by atoms with E-state index in [4.69, 9.17) is 10.5 Å². The summed E-state index contributed by atoms with van der Waals surface area (Å²) >= 11 is 0. The van der Waals surface area contributed by atoms with E-state index >= 15 is 0 Å². The smallest absolute Gasteiger partial charge is 0.295 e. The highest BCUT2D eigenvalue weighted by atomic mass is 16.6. The second kappa shape index (κ2) is 6.91. The number of para-hydroxylation sites is 1. The van der Waals surface area contributed by atoms with E-state index in [0.717, 1.165) is 0 Å². The third-order valence-corrected chi connectivity index (χ3v) is 2.43. The van der Waals surface area contributed by atoms with Crippen molar-refractivity contribution in [1.29, 1.82) is 0 Å². The maximum Gasteiger partial charge on any atom is 0.295 e. The predicted molar refractivity (Wildman–Crippen MR) is 72.1 cm³/mol. The Hall–Kier alpha value is -1.86. The molecule has 19 heavy (non-hydrogen) atoms. The van der Waals surface area contributed by atoms with E-state index in [1.165, 1.54) is 18.2 Å². The van der Waals surface area contributed by atoms with E-state index in [0.29, 0.717) is 6.54 Å². The molecule has 106 valence electrons. The molecule has 4 N–H and O–H groups in total. The van der Waals surface area contributed by atoms with Crippen LogP contribution >= 0.6 is 0 Å². The number of nitro benzene ring substituents is 1. The van der Waals surface area contributed by atoms with Gasteiger partial charge in [0.15, 0.2) is 5.69 Å². The Morgan fingerprint density at radius 2 is 2.21 bits per heavy atom. The molecule has 0 aliphatic carbocycles. The number of rotatable bonds is 7. The molecule has 1 rings (SSSR count). The van der Waals surface area contributed by atoms with Gasteiger partial charge in [-0.15, -0.1) is 0 Å². The summed E-state index contributed by atoms with van der Waals surface area (Å²) in [6, 6.07) is 4.59. The lowest BCUT2D eigenvalue weighted by Gasteiger charge is -2.15. The van der Waals surface area contributed by atoms with E-state index in [2.05, 4.69) is 5.32 Å². The second-order valence-corrected chi connectivity index (χ2v) is 4.47. The monoisotopic (exact) mass is 269 g/mol. The Morgan fingerprint density at radius 3 is 2.79 bits per heavy atom. The number of ether oxygens (including phenoxy) is 1. The van der Waals surface area contributed by atoms with Crippen LogP contribution in [0.15, 0.2) is 18.2 Å². The van der Waals surface area contributed by atoms with E-state index in [-0.39, 0.29) is 29.8 Å². The number of benzene rings is 1. The summed E-state index contributed by atoms with van der Waals surface area (Å²) < 4.78 is 5.30. The lowest BCUT2D eigenvalue weighted by atomic mass is 10.2. The molecule has 0 fully saturated rings. The normalized spacial score (nSPS) is 12.4. The van der Waals surface area contributed by atoms with Crippen molar-refractivity contribution in [3.63, 3.8) is 0 Å². The number of aliphatic hydroxyl groups excluding tert-OH is 1. The quantitative estimate of drug-likeness (QED) is 0.385. The van der Waals surface area contributed by atoms with Gasteiger partial charge in [0.1, 0.15) is 18.5 Å². The number of hydrogen-bond acceptors (Lipinski definition) is 6. The Labute approximate surface area is 111 Å². The van der Waals surface area contributed by atoms with Crippen LogP contribution in [0.5, 0.6) is 5.75 Å². The fourth-order valence-corrected chi connectivity index (χ4v) is 1.43. The Kier molecular flexibility index (Phi) is 5.53. The topological polar surface area (TPSA) is 111 Å². The van der Waals surface area contributed by atoms with Gasteiger partial charge >= 0.3 is 0 Å². The fraction of sp³-hybridized carbons (Fsp3) is 0.500. The number of anilines is 1. The lowest BCUT2D eigenvalue weighted by Crippen LogP contribution is -2.35. The highest BCUT2D eigenvalue weighted by Crippen LogP contribution is 2.30. The third-order valence-electron chi connectivity index (χ3n) is 2.43. The van der Waals surface area contributed by atoms with Gasteiger partial charge in [0.05, 0.1) is 4.92 Å². The summed E-state index contributed by atoms with van der Waals surface area (Å²) in [7, 11) is 0. The average molecular weight is 269 g/mol. The molecule has 7 heteroatoms. The first-order chi connectivity index (χ1) is 8.91. The number of nitro groups is 1. The zero-order valence-corrected chi connectivity index (χ0v) is 11.0. The first-order valence-electron chi connectivity index (χ1n) is 5.99. The van der Waals surface area contributed by atoms with E-state index in [1.54, 1.807) is 0 Å². The van der Waals surface area contributed by atoms with Crippen LogP contribution in [0.4, 0.5) is 11.4 Å². The van der Waals surface area contributed by atoms with Crippen molar-refractivity contribution in [1.82, 2.24) is 5.32 Å². The van der Waals surface area contributed by atoms with Gasteiger partial charge in [-0.2, -0.15) is 0 Å². The molecule has 7 nitrogen and oxygen atoms in total. The van der Waals surface area contributed by atoms with Gasteiger partial charge in [-0.05, 0) is 6.07 Å². The molecule has 1 aromatic carbocycles. The Bertz CT molecular complexity index is 437. The zero-order chi connectivity index (χ0) is 14.4. The molecule has 0 saturated carbocycles. The minimum absolute atomic E-state index is 0.0189. The number of nitrogens with two attached hydrogens (primary N) is 1. The van der Waals surface area contributed by atoms with Crippen molar-refractivity contribution in [2.45, 2.75) is 26.0 Å². The van der Waals surface area contributed by atoms with Crippen LogP contribution in [0.2, 0.25) is 0 Å². The highest BCUT2D eigenvalue weighted by molar-refractivity contribution is 5.66. The predicted octanol–water partition coefficient (Wildman–Crippen LogP) is 0.915. The van der Waals surface area contributed by atoms with Gasteiger partial charge in [0.25, 0.3) is 5.69 Å². The van der Waals surface area contributed by atoms with Gasteiger partial charge in [0.2, 0.25) is 0 Å². The van der Waals surface area contributed by atoms with Crippen molar-refractivity contribution in [3.8, 4) is 5.75 Å². The van der Waals surface area contributed by atoms with Gasteiger partial charge < -0.3 is 20.9 Å². The summed E-state index contributed by atoms with van der Waals surface area (Å²) in [6.07, 6.45) is -0.707. The summed E-state index contributed by atoms with van der Waals surface area (Å²) in [4.78, 5) is 10.1. The molecule has 1 aromatic rings. The largest absolute Gasteiger partial charge is 0.488 e. The molecule has 0 aliphatic heterocycles.